The fraction of sp³-hybridized carbons (Fsp3) is 0.562. The molecule has 0 spiro atoms. The molecule has 1 heterocycles. The van der Waals surface area contributed by atoms with Gasteiger partial charge in [-0.2, -0.15) is 0 Å². The van der Waals surface area contributed by atoms with Gasteiger partial charge >= 0.3 is 0 Å². The lowest BCUT2D eigenvalue weighted by molar-refractivity contribution is -0.129. The highest BCUT2D eigenvalue weighted by Crippen LogP contribution is 2.24. The summed E-state index contributed by atoms with van der Waals surface area (Å²) in [6, 6.07) is 6.04. The summed E-state index contributed by atoms with van der Waals surface area (Å²) in [5.41, 5.74) is 10.6. The lowest BCUT2D eigenvalue weighted by atomic mass is 10.1. The average molecular weight is 302 g/mol. The smallest absolute Gasteiger partial charge is 0.223 e. The number of hydrogen-bond donors (Lipinski definition) is 0. The van der Waals surface area contributed by atoms with Gasteiger partial charge in [-0.1, -0.05) is 23.3 Å². The van der Waals surface area contributed by atoms with E-state index in [9.17, 15) is 4.79 Å². The number of hydrogen-bond acceptors (Lipinski definition) is 3. The van der Waals surface area contributed by atoms with E-state index < -0.39 is 0 Å². The number of nitrogens with zero attached hydrogens (tertiary/aromatic N) is 4. The van der Waals surface area contributed by atoms with E-state index >= 15 is 0 Å². The van der Waals surface area contributed by atoms with Crippen molar-refractivity contribution in [1.82, 2.24) is 4.90 Å². The van der Waals surface area contributed by atoms with Crippen molar-refractivity contribution in [3.63, 3.8) is 0 Å². The summed E-state index contributed by atoms with van der Waals surface area (Å²) in [6.07, 6.45) is 0.451. The molecule has 1 aromatic carbocycles. The Labute approximate surface area is 130 Å². The number of benzene rings is 1. The highest BCUT2D eigenvalue weighted by Gasteiger charge is 2.32. The zero-order chi connectivity index (χ0) is 16.1. The number of aryl methyl sites for hydroxylation is 2. The molecule has 1 amide bonds. The van der Waals surface area contributed by atoms with Gasteiger partial charge in [0, 0.05) is 24.4 Å². The van der Waals surface area contributed by atoms with E-state index in [-0.39, 0.29) is 17.9 Å². The van der Waals surface area contributed by atoms with Crippen molar-refractivity contribution in [3.05, 3.63) is 39.8 Å². The minimum atomic E-state index is 0.00238. The zero-order valence-electron chi connectivity index (χ0n) is 13.3. The molecule has 0 aliphatic carbocycles. The first-order valence-electron chi connectivity index (χ1n) is 7.52. The van der Waals surface area contributed by atoms with Crippen LogP contribution in [0.3, 0.4) is 0 Å². The van der Waals surface area contributed by atoms with E-state index in [1.165, 1.54) is 0 Å². The molecule has 0 bridgehead atoms. The first-order valence-corrected chi connectivity index (χ1v) is 7.52. The van der Waals surface area contributed by atoms with Gasteiger partial charge in [0.2, 0.25) is 5.91 Å². The third kappa shape index (κ3) is 3.71. The van der Waals surface area contributed by atoms with Crippen LogP contribution < -0.4 is 4.74 Å². The van der Waals surface area contributed by atoms with Crippen molar-refractivity contribution >= 4 is 5.91 Å². The number of amides is 1. The Morgan fingerprint density at radius 3 is 2.77 bits per heavy atom. The molecule has 0 saturated carbocycles. The number of para-hydroxylation sites is 1. The number of carbonyl (C=O) groups is 1. The van der Waals surface area contributed by atoms with Crippen LogP contribution in [0.2, 0.25) is 0 Å². The molecule has 2 rings (SSSR count). The van der Waals surface area contributed by atoms with Gasteiger partial charge in [-0.15, -0.1) is 0 Å². The van der Waals surface area contributed by atoms with Gasteiger partial charge in [0.15, 0.2) is 0 Å². The van der Waals surface area contributed by atoms with Gasteiger partial charge < -0.3 is 9.64 Å². The molecule has 2 atom stereocenters. The third-order valence-electron chi connectivity index (χ3n) is 4.05. The molecule has 0 radical (unpaired) electrons. The average Bonchev–Trinajstić information content (AvgIpc) is 2.85. The topological polar surface area (TPSA) is 78.3 Å². The SMILES string of the molecule is Cc1cccc(C)c1OCC(C)N1CC(CN=[N+]=[N-])CC1=O. The molecule has 1 aromatic rings. The highest BCUT2D eigenvalue weighted by molar-refractivity contribution is 5.79. The zero-order valence-corrected chi connectivity index (χ0v) is 13.3. The van der Waals surface area contributed by atoms with Crippen LogP contribution in [0.4, 0.5) is 0 Å². The lowest BCUT2D eigenvalue weighted by Crippen LogP contribution is -2.38. The molecule has 1 saturated heterocycles. The predicted molar refractivity (Wildman–Crippen MR) is 84.7 cm³/mol. The van der Waals surface area contributed by atoms with Crippen molar-refractivity contribution in [1.29, 1.82) is 0 Å². The number of azide groups is 1. The number of likely N-dealkylation sites (tertiary alicyclic amines) is 1. The molecule has 22 heavy (non-hydrogen) atoms. The van der Waals surface area contributed by atoms with Crippen molar-refractivity contribution in [2.75, 3.05) is 19.7 Å². The van der Waals surface area contributed by atoms with Gasteiger partial charge in [-0.3, -0.25) is 4.79 Å². The van der Waals surface area contributed by atoms with E-state index in [1.54, 1.807) is 0 Å². The van der Waals surface area contributed by atoms with Crippen LogP contribution in [-0.4, -0.2) is 36.5 Å². The fourth-order valence-electron chi connectivity index (χ4n) is 2.83. The van der Waals surface area contributed by atoms with Gasteiger partial charge in [0.05, 0.1) is 6.04 Å². The third-order valence-corrected chi connectivity index (χ3v) is 4.05. The van der Waals surface area contributed by atoms with Crippen LogP contribution in [0.1, 0.15) is 24.5 Å². The van der Waals surface area contributed by atoms with E-state index in [0.717, 1.165) is 16.9 Å². The summed E-state index contributed by atoms with van der Waals surface area (Å²) in [6.45, 7) is 7.50. The van der Waals surface area contributed by atoms with Crippen molar-refractivity contribution in [3.8, 4) is 5.75 Å². The summed E-state index contributed by atoms with van der Waals surface area (Å²) >= 11 is 0. The lowest BCUT2D eigenvalue weighted by Gasteiger charge is -2.25. The molecular formula is C16H22N4O2. The molecule has 118 valence electrons. The quantitative estimate of drug-likeness (QED) is 0.459. The summed E-state index contributed by atoms with van der Waals surface area (Å²) in [7, 11) is 0. The Balaban J connectivity index is 1.93. The number of rotatable bonds is 6. The molecule has 0 aromatic heterocycles. The van der Waals surface area contributed by atoms with Gasteiger partial charge in [0.25, 0.3) is 0 Å². The largest absolute Gasteiger partial charge is 0.491 e. The number of ether oxygens (including phenoxy) is 1. The summed E-state index contributed by atoms with van der Waals surface area (Å²) < 4.78 is 5.93. The van der Waals surface area contributed by atoms with E-state index in [0.29, 0.717) is 26.1 Å². The Kier molecular flexibility index (Phi) is 5.28. The fourth-order valence-corrected chi connectivity index (χ4v) is 2.83. The Bertz CT molecular complexity index is 576. The van der Waals surface area contributed by atoms with Gasteiger partial charge in [-0.25, -0.2) is 0 Å². The van der Waals surface area contributed by atoms with Crippen LogP contribution >= 0.6 is 0 Å². The van der Waals surface area contributed by atoms with Crippen molar-refractivity contribution in [2.45, 2.75) is 33.2 Å². The molecule has 1 fully saturated rings. The van der Waals surface area contributed by atoms with Crippen LogP contribution in [0.15, 0.2) is 23.3 Å². The second-order valence-corrected chi connectivity index (χ2v) is 5.91. The monoisotopic (exact) mass is 302 g/mol. The van der Waals surface area contributed by atoms with E-state index in [1.807, 2.05) is 43.9 Å². The summed E-state index contributed by atoms with van der Waals surface area (Å²) in [5, 5.41) is 3.57. The normalized spacial score (nSPS) is 19.0. The summed E-state index contributed by atoms with van der Waals surface area (Å²) in [5.74, 6) is 1.12. The first kappa shape index (κ1) is 16.2. The maximum absolute atomic E-state index is 12.1. The number of carbonyl (C=O) groups excluding carboxylic acids is 1. The molecule has 0 N–H and O–H groups in total. The van der Waals surface area contributed by atoms with E-state index in [4.69, 9.17) is 10.3 Å². The molecule has 2 unspecified atom stereocenters. The van der Waals surface area contributed by atoms with Crippen LogP contribution in [0.5, 0.6) is 5.75 Å². The minimum absolute atomic E-state index is 0.00238. The van der Waals surface area contributed by atoms with Gasteiger partial charge in [-0.05, 0) is 43.3 Å². The van der Waals surface area contributed by atoms with Crippen LogP contribution in [-0.2, 0) is 4.79 Å². The van der Waals surface area contributed by atoms with Crippen molar-refractivity contribution < 1.29 is 9.53 Å². The maximum Gasteiger partial charge on any atom is 0.223 e. The Morgan fingerprint density at radius 1 is 1.45 bits per heavy atom. The van der Waals surface area contributed by atoms with Crippen LogP contribution in [0.25, 0.3) is 10.4 Å². The second kappa shape index (κ2) is 7.18. The standard InChI is InChI=1S/C16H22N4O2/c1-11-5-4-6-12(2)16(11)22-10-13(3)20-9-14(7-15(20)21)8-18-19-17/h4-6,13-14H,7-10H2,1-3H3. The van der Waals surface area contributed by atoms with Crippen LogP contribution in [0, 0.1) is 19.8 Å². The molecule has 1 aliphatic heterocycles. The molecule has 6 heteroatoms. The first-order chi connectivity index (χ1) is 10.5. The molecule has 6 nitrogen and oxygen atoms in total. The highest BCUT2D eigenvalue weighted by atomic mass is 16.5. The maximum atomic E-state index is 12.1. The predicted octanol–water partition coefficient (Wildman–Crippen LogP) is 3.23. The Hall–Kier alpha value is -2.20. The second-order valence-electron chi connectivity index (χ2n) is 5.91. The molecule has 1 aliphatic rings. The molecular weight excluding hydrogens is 280 g/mol. The Morgan fingerprint density at radius 2 is 2.14 bits per heavy atom. The van der Waals surface area contributed by atoms with E-state index in [2.05, 4.69) is 10.0 Å². The summed E-state index contributed by atoms with van der Waals surface area (Å²) in [4.78, 5) is 16.7. The minimum Gasteiger partial charge on any atom is -0.491 e. The van der Waals surface area contributed by atoms with Crippen molar-refractivity contribution in [2.24, 2.45) is 11.0 Å². The van der Waals surface area contributed by atoms with Gasteiger partial charge in [0.1, 0.15) is 12.4 Å².